The van der Waals surface area contributed by atoms with Gasteiger partial charge in [0, 0.05) is 0 Å². The topological polar surface area (TPSA) is 18.5 Å². The van der Waals surface area contributed by atoms with Crippen LogP contribution in [0.4, 0.5) is 0 Å². The fourth-order valence-corrected chi connectivity index (χ4v) is 6.95. The van der Waals surface area contributed by atoms with Crippen LogP contribution in [-0.4, -0.2) is 52.4 Å². The van der Waals surface area contributed by atoms with E-state index in [-0.39, 0.29) is 0 Å². The smallest absolute Gasteiger partial charge is 0.288 e. The first-order valence-corrected chi connectivity index (χ1v) is 7.50. The molecule has 0 fully saturated rings. The van der Waals surface area contributed by atoms with Crippen LogP contribution in [-0.2, 0) is 0 Å². The minimum atomic E-state index is -1.64. The van der Waals surface area contributed by atoms with Crippen molar-refractivity contribution in [1.29, 1.82) is 0 Å². The summed E-state index contributed by atoms with van der Waals surface area (Å²) in [6.45, 7) is 7.87. The molecule has 0 saturated carbocycles. The molecule has 1 atom stereocenters. The van der Waals surface area contributed by atoms with Gasteiger partial charge in [-0.05, 0) is 40.3 Å². The lowest BCUT2D eigenvalue weighted by atomic mass is 10.4. The number of rotatable bonds is 6. The van der Waals surface area contributed by atoms with Crippen molar-refractivity contribution in [3.05, 3.63) is 0 Å². The van der Waals surface area contributed by atoms with Crippen molar-refractivity contribution >= 4 is 8.56 Å². The van der Waals surface area contributed by atoms with Crippen LogP contribution < -0.4 is 4.98 Å². The first kappa shape index (κ1) is 14.1. The number of hydrogen-bond donors (Lipinski definition) is 1. The zero-order valence-electron chi connectivity index (χ0n) is 10.9. The third kappa shape index (κ3) is 2.57. The van der Waals surface area contributed by atoms with E-state index in [0.717, 1.165) is 12.1 Å². The highest BCUT2D eigenvalue weighted by atomic mass is 28.4. The third-order valence-corrected chi connectivity index (χ3v) is 8.48. The summed E-state index contributed by atoms with van der Waals surface area (Å²) in [5.41, 5.74) is 0.729. The molecule has 0 aliphatic heterocycles. The largest absolute Gasteiger partial charge is 0.313 e. The van der Waals surface area contributed by atoms with Crippen LogP contribution in [0, 0.1) is 0 Å². The van der Waals surface area contributed by atoms with Crippen molar-refractivity contribution in [3.63, 3.8) is 0 Å². The number of nitrogens with zero attached hydrogens (tertiary/aromatic N) is 2. The van der Waals surface area contributed by atoms with Gasteiger partial charge >= 0.3 is 0 Å². The molecule has 0 aliphatic carbocycles. The van der Waals surface area contributed by atoms with E-state index < -0.39 is 8.56 Å². The standard InChI is InChI=1S/C10H27N3Si/c1-8-10(3)14(11-9-2,12(4)5)13(6)7/h10-11H,8-9H2,1-7H3. The summed E-state index contributed by atoms with van der Waals surface area (Å²) in [6, 6.07) is 0. The van der Waals surface area contributed by atoms with Crippen molar-refractivity contribution in [2.75, 3.05) is 34.7 Å². The molecule has 0 radical (unpaired) electrons. The highest BCUT2D eigenvalue weighted by Gasteiger charge is 2.43. The Morgan fingerprint density at radius 2 is 1.50 bits per heavy atom. The summed E-state index contributed by atoms with van der Waals surface area (Å²) < 4.78 is 4.81. The molecule has 0 heterocycles. The maximum atomic E-state index is 3.74. The first-order valence-electron chi connectivity index (χ1n) is 5.53. The molecule has 0 amide bonds. The van der Waals surface area contributed by atoms with Gasteiger partial charge in [-0.3, -0.25) is 0 Å². The highest BCUT2D eigenvalue weighted by molar-refractivity contribution is 6.73. The van der Waals surface area contributed by atoms with Gasteiger partial charge in [-0.1, -0.05) is 27.2 Å². The molecule has 1 unspecified atom stereocenters. The van der Waals surface area contributed by atoms with Crippen LogP contribution in [0.3, 0.4) is 0 Å². The number of nitrogens with one attached hydrogen (secondary N) is 1. The second-order valence-electron chi connectivity index (χ2n) is 4.35. The summed E-state index contributed by atoms with van der Waals surface area (Å²) in [5.74, 6) is 0. The Hall–Kier alpha value is 0.0969. The Morgan fingerprint density at radius 1 is 1.07 bits per heavy atom. The first-order chi connectivity index (χ1) is 6.43. The van der Waals surface area contributed by atoms with Crippen LogP contribution >= 0.6 is 0 Å². The van der Waals surface area contributed by atoms with Crippen LogP contribution in [0.2, 0.25) is 5.54 Å². The Kier molecular flexibility index (Phi) is 5.89. The SMILES string of the molecule is CCN[Si](C(C)CC)(N(C)C)N(C)C. The zero-order valence-corrected chi connectivity index (χ0v) is 11.9. The van der Waals surface area contributed by atoms with Gasteiger partial charge in [-0.25, -0.2) is 0 Å². The molecule has 4 heteroatoms. The molecule has 3 nitrogen and oxygen atoms in total. The second-order valence-corrected chi connectivity index (χ2v) is 8.93. The van der Waals surface area contributed by atoms with Crippen LogP contribution in [0.1, 0.15) is 27.2 Å². The second kappa shape index (κ2) is 5.85. The van der Waals surface area contributed by atoms with Crippen molar-refractivity contribution in [2.24, 2.45) is 0 Å². The van der Waals surface area contributed by atoms with Gasteiger partial charge < -0.3 is 14.1 Å². The third-order valence-electron chi connectivity index (χ3n) is 3.10. The molecular formula is C10H27N3Si. The average Bonchev–Trinajstić information content (AvgIpc) is 2.11. The van der Waals surface area contributed by atoms with Gasteiger partial charge in [0.25, 0.3) is 8.56 Å². The van der Waals surface area contributed by atoms with E-state index in [2.05, 4.69) is 63.1 Å². The minimum absolute atomic E-state index is 0.729. The molecule has 0 rings (SSSR count). The van der Waals surface area contributed by atoms with E-state index in [1.165, 1.54) is 6.42 Å². The fraction of sp³-hybridized carbons (Fsp3) is 1.00. The predicted octanol–water partition coefficient (Wildman–Crippen LogP) is 1.46. The fourth-order valence-electron chi connectivity index (χ4n) is 2.32. The lowest BCUT2D eigenvalue weighted by Gasteiger charge is -2.46. The quantitative estimate of drug-likeness (QED) is 0.680. The van der Waals surface area contributed by atoms with E-state index in [1.54, 1.807) is 0 Å². The van der Waals surface area contributed by atoms with E-state index in [9.17, 15) is 0 Å². The summed E-state index contributed by atoms with van der Waals surface area (Å²) >= 11 is 0. The van der Waals surface area contributed by atoms with Crippen LogP contribution in [0.25, 0.3) is 0 Å². The van der Waals surface area contributed by atoms with Crippen molar-refractivity contribution in [3.8, 4) is 0 Å². The van der Waals surface area contributed by atoms with Gasteiger partial charge in [-0.15, -0.1) is 0 Å². The molecule has 0 aromatic carbocycles. The van der Waals surface area contributed by atoms with E-state index in [4.69, 9.17) is 0 Å². The normalized spacial score (nSPS) is 15.2. The van der Waals surface area contributed by atoms with E-state index in [1.807, 2.05) is 0 Å². The van der Waals surface area contributed by atoms with Gasteiger partial charge in [0.15, 0.2) is 0 Å². The summed E-state index contributed by atoms with van der Waals surface area (Å²) in [6.07, 6.45) is 1.23. The van der Waals surface area contributed by atoms with Crippen molar-refractivity contribution in [1.82, 2.24) is 14.1 Å². The Labute approximate surface area is 90.7 Å². The van der Waals surface area contributed by atoms with Gasteiger partial charge in [-0.2, -0.15) is 0 Å². The molecule has 0 spiro atoms. The lowest BCUT2D eigenvalue weighted by Crippen LogP contribution is -2.72. The van der Waals surface area contributed by atoms with E-state index in [0.29, 0.717) is 0 Å². The maximum absolute atomic E-state index is 3.74. The molecule has 0 aromatic rings. The van der Waals surface area contributed by atoms with Crippen LogP contribution in [0.15, 0.2) is 0 Å². The molecule has 0 aromatic heterocycles. The molecule has 0 saturated heterocycles. The highest BCUT2D eigenvalue weighted by Crippen LogP contribution is 2.25. The van der Waals surface area contributed by atoms with Gasteiger partial charge in [0.1, 0.15) is 0 Å². The lowest BCUT2D eigenvalue weighted by molar-refractivity contribution is 0.429. The Bertz CT molecular complexity index is 151. The summed E-state index contributed by atoms with van der Waals surface area (Å²) in [7, 11) is 7.14. The Morgan fingerprint density at radius 3 is 1.71 bits per heavy atom. The Balaban J connectivity index is 4.93. The average molecular weight is 217 g/mol. The minimum Gasteiger partial charge on any atom is -0.313 e. The summed E-state index contributed by atoms with van der Waals surface area (Å²) in [4.78, 5) is 3.74. The number of hydrogen-bond acceptors (Lipinski definition) is 3. The molecule has 1 N–H and O–H groups in total. The van der Waals surface area contributed by atoms with Crippen molar-refractivity contribution < 1.29 is 0 Å². The molecule has 0 aliphatic rings. The van der Waals surface area contributed by atoms with Crippen molar-refractivity contribution in [2.45, 2.75) is 32.7 Å². The van der Waals surface area contributed by atoms with Gasteiger partial charge in [0.05, 0.1) is 0 Å². The molecule has 14 heavy (non-hydrogen) atoms. The van der Waals surface area contributed by atoms with E-state index >= 15 is 0 Å². The monoisotopic (exact) mass is 217 g/mol. The molecular weight excluding hydrogens is 190 g/mol. The maximum Gasteiger partial charge on any atom is 0.288 e. The zero-order chi connectivity index (χ0) is 11.4. The molecule has 0 bridgehead atoms. The predicted molar refractivity (Wildman–Crippen MR) is 66.5 cm³/mol. The van der Waals surface area contributed by atoms with Gasteiger partial charge in [0.2, 0.25) is 0 Å². The van der Waals surface area contributed by atoms with Crippen LogP contribution in [0.5, 0.6) is 0 Å². The molecule has 86 valence electrons. The summed E-state index contributed by atoms with van der Waals surface area (Å²) in [5, 5.41) is 0.